The molecule has 0 unspecified atom stereocenters. The molecule has 0 spiro atoms. The lowest BCUT2D eigenvalue weighted by atomic mass is 10.2. The molecule has 0 radical (unpaired) electrons. The average Bonchev–Trinajstić information content (AvgIpc) is 2.75. The van der Waals surface area contributed by atoms with Gasteiger partial charge in [-0.25, -0.2) is 4.68 Å². The van der Waals surface area contributed by atoms with E-state index in [1.54, 1.807) is 11.8 Å². The highest BCUT2D eigenvalue weighted by Gasteiger charge is 2.11. The molecule has 1 heterocycles. The number of methoxy groups -OCH3 is 1. The highest BCUT2D eigenvalue weighted by molar-refractivity contribution is 6.30. The summed E-state index contributed by atoms with van der Waals surface area (Å²) < 4.78 is 6.94. The SMILES string of the molecule is COCc1c(CCl)nnn1Cc1ccc(Cl)cc1. The Labute approximate surface area is 115 Å². The average molecular weight is 286 g/mol. The van der Waals surface area contributed by atoms with Gasteiger partial charge in [0.15, 0.2) is 0 Å². The standard InChI is InChI=1S/C12H13Cl2N3O/c1-18-8-12-11(6-13)15-16-17(12)7-9-2-4-10(14)5-3-9/h2-5H,6-8H2,1H3. The zero-order valence-corrected chi connectivity index (χ0v) is 11.4. The third-order valence-electron chi connectivity index (χ3n) is 2.57. The zero-order chi connectivity index (χ0) is 13.0. The number of ether oxygens (including phenoxy) is 1. The summed E-state index contributed by atoms with van der Waals surface area (Å²) in [5.74, 6) is 0.333. The van der Waals surface area contributed by atoms with Crippen molar-refractivity contribution in [2.45, 2.75) is 19.0 Å². The monoisotopic (exact) mass is 285 g/mol. The van der Waals surface area contributed by atoms with Gasteiger partial charge >= 0.3 is 0 Å². The van der Waals surface area contributed by atoms with Crippen LogP contribution in [0.4, 0.5) is 0 Å². The van der Waals surface area contributed by atoms with Crippen molar-refractivity contribution in [2.75, 3.05) is 7.11 Å². The molecule has 1 aromatic heterocycles. The summed E-state index contributed by atoms with van der Waals surface area (Å²) in [6.07, 6.45) is 0. The Morgan fingerprint density at radius 1 is 1.28 bits per heavy atom. The molecule has 0 saturated heterocycles. The van der Waals surface area contributed by atoms with E-state index in [2.05, 4.69) is 10.3 Å². The molecule has 0 fully saturated rings. The molecule has 1 aromatic carbocycles. The highest BCUT2D eigenvalue weighted by Crippen LogP contribution is 2.14. The second-order valence-electron chi connectivity index (χ2n) is 3.83. The summed E-state index contributed by atoms with van der Waals surface area (Å²) >= 11 is 11.7. The zero-order valence-electron chi connectivity index (χ0n) is 9.94. The summed E-state index contributed by atoms with van der Waals surface area (Å²) in [6.45, 7) is 1.07. The van der Waals surface area contributed by atoms with Gasteiger partial charge in [0.1, 0.15) is 5.69 Å². The van der Waals surface area contributed by atoms with Crippen LogP contribution in [0, 0.1) is 0 Å². The minimum absolute atomic E-state index is 0.333. The Balaban J connectivity index is 2.22. The van der Waals surface area contributed by atoms with E-state index in [0.717, 1.165) is 22.0 Å². The second-order valence-corrected chi connectivity index (χ2v) is 4.54. The van der Waals surface area contributed by atoms with Gasteiger partial charge in [-0.1, -0.05) is 28.9 Å². The number of halogens is 2. The Kier molecular flexibility index (Phi) is 4.58. The van der Waals surface area contributed by atoms with Crippen LogP contribution in [0.1, 0.15) is 17.0 Å². The van der Waals surface area contributed by atoms with Crippen molar-refractivity contribution < 1.29 is 4.74 Å². The summed E-state index contributed by atoms with van der Waals surface area (Å²) in [4.78, 5) is 0. The molecule has 0 N–H and O–H groups in total. The van der Waals surface area contributed by atoms with Crippen molar-refractivity contribution >= 4 is 23.2 Å². The number of alkyl halides is 1. The molecular weight excluding hydrogens is 273 g/mol. The molecule has 2 aromatic rings. The molecule has 0 aliphatic heterocycles. The van der Waals surface area contributed by atoms with E-state index in [0.29, 0.717) is 19.0 Å². The number of aromatic nitrogens is 3. The Morgan fingerprint density at radius 3 is 2.61 bits per heavy atom. The molecule has 96 valence electrons. The fourth-order valence-corrected chi connectivity index (χ4v) is 1.99. The maximum Gasteiger partial charge on any atom is 0.103 e. The molecule has 0 atom stereocenters. The highest BCUT2D eigenvalue weighted by atomic mass is 35.5. The van der Waals surface area contributed by atoms with Crippen molar-refractivity contribution in [2.24, 2.45) is 0 Å². The topological polar surface area (TPSA) is 39.9 Å². The summed E-state index contributed by atoms with van der Waals surface area (Å²) in [5.41, 5.74) is 2.76. The molecular formula is C12H13Cl2N3O. The van der Waals surface area contributed by atoms with Gasteiger partial charge in [0.2, 0.25) is 0 Å². The minimum Gasteiger partial charge on any atom is -0.378 e. The lowest BCUT2D eigenvalue weighted by Gasteiger charge is -2.06. The van der Waals surface area contributed by atoms with Crippen LogP contribution in [0.15, 0.2) is 24.3 Å². The minimum atomic E-state index is 0.333. The van der Waals surface area contributed by atoms with Crippen molar-refractivity contribution in [3.63, 3.8) is 0 Å². The number of rotatable bonds is 5. The fraction of sp³-hybridized carbons (Fsp3) is 0.333. The molecule has 2 rings (SSSR count). The van der Waals surface area contributed by atoms with E-state index in [-0.39, 0.29) is 0 Å². The molecule has 0 aliphatic rings. The first-order chi connectivity index (χ1) is 8.74. The molecule has 18 heavy (non-hydrogen) atoms. The maximum atomic E-state index is 5.85. The van der Waals surface area contributed by atoms with Crippen molar-refractivity contribution in [3.8, 4) is 0 Å². The number of nitrogens with zero attached hydrogens (tertiary/aromatic N) is 3. The van der Waals surface area contributed by atoms with Gasteiger partial charge in [0.25, 0.3) is 0 Å². The molecule has 0 amide bonds. The van der Waals surface area contributed by atoms with E-state index in [4.69, 9.17) is 27.9 Å². The summed E-state index contributed by atoms with van der Waals surface area (Å²) in [6, 6.07) is 7.63. The van der Waals surface area contributed by atoms with Crippen LogP contribution in [0.2, 0.25) is 5.02 Å². The van der Waals surface area contributed by atoms with Crippen LogP contribution >= 0.6 is 23.2 Å². The molecule has 0 aliphatic carbocycles. The van der Waals surface area contributed by atoms with E-state index in [1.807, 2.05) is 24.3 Å². The van der Waals surface area contributed by atoms with E-state index >= 15 is 0 Å². The van der Waals surface area contributed by atoms with Crippen LogP contribution in [0.25, 0.3) is 0 Å². The van der Waals surface area contributed by atoms with Gasteiger partial charge in [-0.15, -0.1) is 16.7 Å². The van der Waals surface area contributed by atoms with Crippen LogP contribution in [-0.4, -0.2) is 22.1 Å². The van der Waals surface area contributed by atoms with Crippen LogP contribution in [0.3, 0.4) is 0 Å². The first kappa shape index (κ1) is 13.3. The maximum absolute atomic E-state index is 5.85. The van der Waals surface area contributed by atoms with Crippen molar-refractivity contribution in [3.05, 3.63) is 46.2 Å². The smallest absolute Gasteiger partial charge is 0.103 e. The van der Waals surface area contributed by atoms with Crippen molar-refractivity contribution in [1.29, 1.82) is 0 Å². The Hall–Kier alpha value is -1.10. The first-order valence-electron chi connectivity index (χ1n) is 5.45. The first-order valence-corrected chi connectivity index (χ1v) is 6.36. The third-order valence-corrected chi connectivity index (χ3v) is 3.08. The molecule has 0 saturated carbocycles. The Morgan fingerprint density at radius 2 is 2.00 bits per heavy atom. The van der Waals surface area contributed by atoms with E-state index in [1.165, 1.54) is 0 Å². The van der Waals surface area contributed by atoms with Gasteiger partial charge in [0.05, 0.1) is 24.7 Å². The lowest BCUT2D eigenvalue weighted by Crippen LogP contribution is -2.08. The quantitative estimate of drug-likeness (QED) is 0.793. The number of benzene rings is 1. The molecule has 4 nitrogen and oxygen atoms in total. The van der Waals surface area contributed by atoms with Crippen LogP contribution < -0.4 is 0 Å². The Bertz CT molecular complexity index is 511. The summed E-state index contributed by atoms with van der Waals surface area (Å²) in [7, 11) is 1.64. The van der Waals surface area contributed by atoms with Gasteiger partial charge in [-0.05, 0) is 17.7 Å². The van der Waals surface area contributed by atoms with Crippen molar-refractivity contribution in [1.82, 2.24) is 15.0 Å². The van der Waals surface area contributed by atoms with E-state index in [9.17, 15) is 0 Å². The number of hydrogen-bond donors (Lipinski definition) is 0. The fourth-order valence-electron chi connectivity index (χ4n) is 1.66. The normalized spacial score (nSPS) is 10.8. The molecule has 6 heteroatoms. The molecule has 0 bridgehead atoms. The van der Waals surface area contributed by atoms with Gasteiger partial charge in [0, 0.05) is 12.1 Å². The third kappa shape index (κ3) is 3.02. The largest absolute Gasteiger partial charge is 0.378 e. The predicted molar refractivity (Wildman–Crippen MR) is 70.8 cm³/mol. The predicted octanol–water partition coefficient (Wildman–Crippen LogP) is 2.87. The lowest BCUT2D eigenvalue weighted by molar-refractivity contribution is 0.176. The second kappa shape index (κ2) is 6.18. The number of hydrogen-bond acceptors (Lipinski definition) is 3. The van der Waals surface area contributed by atoms with Crippen LogP contribution in [0.5, 0.6) is 0 Å². The van der Waals surface area contributed by atoms with Gasteiger partial charge in [-0.2, -0.15) is 0 Å². The van der Waals surface area contributed by atoms with Gasteiger partial charge in [-0.3, -0.25) is 0 Å². The van der Waals surface area contributed by atoms with Crippen LogP contribution in [-0.2, 0) is 23.8 Å². The van der Waals surface area contributed by atoms with E-state index < -0.39 is 0 Å². The van der Waals surface area contributed by atoms with Gasteiger partial charge < -0.3 is 4.74 Å². The summed E-state index contributed by atoms with van der Waals surface area (Å²) in [5, 5.41) is 8.85.